The molecular weight excluding hydrogens is 252 g/mol. The Kier molecular flexibility index (Phi) is 4.56. The molecule has 0 aliphatic heterocycles. The predicted octanol–water partition coefficient (Wildman–Crippen LogP) is 3.43. The van der Waals surface area contributed by atoms with Gasteiger partial charge in [-0.1, -0.05) is 49.3 Å². The van der Waals surface area contributed by atoms with Crippen molar-refractivity contribution >= 4 is 5.91 Å². The second-order valence-corrected chi connectivity index (χ2v) is 4.76. The van der Waals surface area contributed by atoms with Gasteiger partial charge >= 0.3 is 0 Å². The van der Waals surface area contributed by atoms with Crippen LogP contribution in [0.5, 0.6) is 0 Å². The summed E-state index contributed by atoms with van der Waals surface area (Å²) in [5.41, 5.74) is 2.39. The van der Waals surface area contributed by atoms with Crippen molar-refractivity contribution in [2.45, 2.75) is 39.7 Å². The highest BCUT2D eigenvalue weighted by Gasteiger charge is 2.21. The van der Waals surface area contributed by atoms with Crippen LogP contribution in [0.25, 0.3) is 0 Å². The summed E-state index contributed by atoms with van der Waals surface area (Å²) in [4.78, 5) is 12.4. The predicted molar refractivity (Wildman–Crippen MR) is 77.6 cm³/mol. The van der Waals surface area contributed by atoms with Crippen molar-refractivity contribution in [2.24, 2.45) is 0 Å². The Bertz CT molecular complexity index is 575. The minimum absolute atomic E-state index is 0.00251. The zero-order chi connectivity index (χ0) is 14.5. The van der Waals surface area contributed by atoms with Crippen molar-refractivity contribution in [1.82, 2.24) is 10.5 Å². The third-order valence-electron chi connectivity index (χ3n) is 3.41. The average Bonchev–Trinajstić information content (AvgIpc) is 2.86. The lowest BCUT2D eigenvalue weighted by molar-refractivity contribution is 0.0933. The summed E-state index contributed by atoms with van der Waals surface area (Å²) < 4.78 is 5.12. The normalized spacial score (nSPS) is 12.2. The van der Waals surface area contributed by atoms with Crippen molar-refractivity contribution in [3.05, 3.63) is 52.9 Å². The third kappa shape index (κ3) is 2.90. The number of carbonyl (C=O) groups excluding carboxylic acids is 1. The molecule has 1 N–H and O–H groups in total. The van der Waals surface area contributed by atoms with Crippen molar-refractivity contribution in [3.63, 3.8) is 0 Å². The number of carbonyl (C=O) groups is 1. The topological polar surface area (TPSA) is 55.1 Å². The van der Waals surface area contributed by atoms with Crippen molar-refractivity contribution in [2.75, 3.05) is 0 Å². The van der Waals surface area contributed by atoms with Crippen molar-refractivity contribution < 1.29 is 9.32 Å². The highest BCUT2D eigenvalue weighted by Crippen LogP contribution is 2.19. The summed E-state index contributed by atoms with van der Waals surface area (Å²) in [6.45, 7) is 5.78. The summed E-state index contributed by atoms with van der Waals surface area (Å²) in [6.07, 6.45) is 1.52. The van der Waals surface area contributed by atoms with Gasteiger partial charge in [-0.25, -0.2) is 0 Å². The molecule has 0 saturated carbocycles. The van der Waals surface area contributed by atoms with Gasteiger partial charge in [0.2, 0.25) is 0 Å². The molecule has 1 aromatic heterocycles. The fraction of sp³-hybridized carbons (Fsp3) is 0.375. The number of aromatic nitrogens is 1. The number of benzene rings is 1. The molecule has 0 bridgehead atoms. The Balaban J connectivity index is 2.20. The first-order valence-electron chi connectivity index (χ1n) is 6.98. The van der Waals surface area contributed by atoms with Gasteiger partial charge in [-0.3, -0.25) is 4.79 Å². The minimum atomic E-state index is -0.115. The summed E-state index contributed by atoms with van der Waals surface area (Å²) >= 11 is 0. The molecule has 20 heavy (non-hydrogen) atoms. The van der Waals surface area contributed by atoms with Gasteiger partial charge in [0.25, 0.3) is 5.91 Å². The second-order valence-electron chi connectivity index (χ2n) is 4.76. The van der Waals surface area contributed by atoms with Crippen LogP contribution < -0.4 is 5.32 Å². The van der Waals surface area contributed by atoms with E-state index in [9.17, 15) is 4.79 Å². The molecule has 1 atom stereocenters. The molecule has 0 radical (unpaired) electrons. The number of nitrogens with zero attached hydrogens (tertiary/aromatic N) is 1. The first-order valence-corrected chi connectivity index (χ1v) is 6.98. The van der Waals surface area contributed by atoms with E-state index in [0.717, 1.165) is 12.0 Å². The lowest BCUT2D eigenvalue weighted by Gasteiger charge is -2.17. The third-order valence-corrected chi connectivity index (χ3v) is 3.41. The van der Waals surface area contributed by atoms with E-state index in [1.54, 1.807) is 6.92 Å². The molecule has 2 aromatic rings. The maximum Gasteiger partial charge on any atom is 0.257 e. The highest BCUT2D eigenvalue weighted by atomic mass is 16.5. The molecule has 2 rings (SSSR count). The van der Waals surface area contributed by atoms with Crippen LogP contribution in [0, 0.1) is 6.92 Å². The summed E-state index contributed by atoms with van der Waals surface area (Å²) in [7, 11) is 0. The standard InChI is InChI=1S/C16H20N2O2/c1-4-13(12-9-7-6-8-10-12)17-16(19)15-11(3)20-18-14(15)5-2/h6-10,13H,4-5H2,1-3H3,(H,17,19). The molecule has 0 fully saturated rings. The summed E-state index contributed by atoms with van der Waals surface area (Å²) in [5.74, 6) is 0.457. The van der Waals surface area contributed by atoms with E-state index < -0.39 is 0 Å². The van der Waals surface area contributed by atoms with Gasteiger partial charge in [0, 0.05) is 0 Å². The van der Waals surface area contributed by atoms with Crippen LogP contribution >= 0.6 is 0 Å². The van der Waals surface area contributed by atoms with E-state index in [2.05, 4.69) is 17.4 Å². The Hall–Kier alpha value is -2.10. The number of amides is 1. The number of aryl methyl sites for hydroxylation is 2. The molecular formula is C16H20N2O2. The van der Waals surface area contributed by atoms with Crippen molar-refractivity contribution in [3.8, 4) is 0 Å². The van der Waals surface area contributed by atoms with E-state index in [0.29, 0.717) is 23.4 Å². The molecule has 0 spiro atoms. The SMILES string of the molecule is CCc1noc(C)c1C(=O)NC(CC)c1ccccc1. The summed E-state index contributed by atoms with van der Waals surface area (Å²) in [6, 6.07) is 9.98. The number of nitrogens with one attached hydrogen (secondary N) is 1. The van der Waals surface area contributed by atoms with E-state index in [1.165, 1.54) is 0 Å². The number of hydrogen-bond donors (Lipinski definition) is 1. The monoisotopic (exact) mass is 272 g/mol. The minimum Gasteiger partial charge on any atom is -0.361 e. The number of hydrogen-bond acceptors (Lipinski definition) is 3. The fourth-order valence-corrected chi connectivity index (χ4v) is 2.29. The van der Waals surface area contributed by atoms with Crippen LogP contribution in [0.4, 0.5) is 0 Å². The molecule has 0 saturated heterocycles. The van der Waals surface area contributed by atoms with Crippen LogP contribution in [0.15, 0.2) is 34.9 Å². The maximum absolute atomic E-state index is 12.4. The molecule has 1 heterocycles. The smallest absolute Gasteiger partial charge is 0.257 e. The molecule has 0 aliphatic carbocycles. The molecule has 4 nitrogen and oxygen atoms in total. The quantitative estimate of drug-likeness (QED) is 0.907. The van der Waals surface area contributed by atoms with E-state index in [4.69, 9.17) is 4.52 Å². The van der Waals surface area contributed by atoms with Gasteiger partial charge in [-0.15, -0.1) is 0 Å². The molecule has 1 aromatic carbocycles. The first kappa shape index (κ1) is 14.3. The van der Waals surface area contributed by atoms with Gasteiger partial charge < -0.3 is 9.84 Å². The first-order chi connectivity index (χ1) is 9.67. The highest BCUT2D eigenvalue weighted by molar-refractivity contribution is 5.96. The zero-order valence-electron chi connectivity index (χ0n) is 12.1. The van der Waals surface area contributed by atoms with Crippen LogP contribution in [0.2, 0.25) is 0 Å². The largest absolute Gasteiger partial charge is 0.361 e. The van der Waals surface area contributed by atoms with Crippen LogP contribution in [0.1, 0.15) is 53.7 Å². The van der Waals surface area contributed by atoms with E-state index >= 15 is 0 Å². The summed E-state index contributed by atoms with van der Waals surface area (Å²) in [5, 5.41) is 6.99. The van der Waals surface area contributed by atoms with Gasteiger partial charge in [0.15, 0.2) is 0 Å². The lowest BCUT2D eigenvalue weighted by Crippen LogP contribution is -2.29. The molecule has 1 unspecified atom stereocenters. The average molecular weight is 272 g/mol. The Morgan fingerprint density at radius 2 is 2.00 bits per heavy atom. The van der Waals surface area contributed by atoms with Gasteiger partial charge in [-0.05, 0) is 25.3 Å². The zero-order valence-corrected chi connectivity index (χ0v) is 12.1. The molecule has 106 valence electrons. The number of rotatable bonds is 5. The molecule has 4 heteroatoms. The van der Waals surface area contributed by atoms with Gasteiger partial charge in [0.05, 0.1) is 11.7 Å². The Morgan fingerprint density at radius 3 is 2.60 bits per heavy atom. The van der Waals surface area contributed by atoms with Crippen LogP contribution in [-0.2, 0) is 6.42 Å². The second kappa shape index (κ2) is 6.37. The maximum atomic E-state index is 12.4. The fourth-order valence-electron chi connectivity index (χ4n) is 2.29. The van der Waals surface area contributed by atoms with Crippen molar-refractivity contribution in [1.29, 1.82) is 0 Å². The molecule has 1 amide bonds. The Morgan fingerprint density at radius 1 is 1.30 bits per heavy atom. The lowest BCUT2D eigenvalue weighted by atomic mass is 10.0. The van der Waals surface area contributed by atoms with E-state index in [1.807, 2.05) is 37.3 Å². The van der Waals surface area contributed by atoms with Crippen LogP contribution in [-0.4, -0.2) is 11.1 Å². The van der Waals surface area contributed by atoms with Gasteiger partial charge in [-0.2, -0.15) is 0 Å². The molecule has 0 aliphatic rings. The van der Waals surface area contributed by atoms with Gasteiger partial charge in [0.1, 0.15) is 11.3 Å². The van der Waals surface area contributed by atoms with E-state index in [-0.39, 0.29) is 11.9 Å². The van der Waals surface area contributed by atoms with Crippen LogP contribution in [0.3, 0.4) is 0 Å². The Labute approximate surface area is 119 Å².